The number of nitrogen functional groups attached to an aromatic ring is 1. The number of halogens is 1. The molecule has 1 aromatic heterocycles. The van der Waals surface area contributed by atoms with E-state index in [4.69, 9.17) is 15.2 Å². The van der Waals surface area contributed by atoms with Crippen LogP contribution in [0.15, 0.2) is 18.2 Å². The van der Waals surface area contributed by atoms with Crippen molar-refractivity contribution in [3.05, 3.63) is 29.6 Å². The Hall–Kier alpha value is -2.44. The zero-order chi connectivity index (χ0) is 13.1. The van der Waals surface area contributed by atoms with Gasteiger partial charge in [0.25, 0.3) is 0 Å². The molecular formula is C11H11FN4O2. The van der Waals surface area contributed by atoms with Gasteiger partial charge in [0.2, 0.25) is 5.95 Å². The lowest BCUT2D eigenvalue weighted by atomic mass is 10.2. The van der Waals surface area contributed by atoms with E-state index in [1.165, 1.54) is 13.2 Å². The smallest absolute Gasteiger partial charge is 0.330 e. The maximum absolute atomic E-state index is 13.7. The molecule has 1 heterocycles. The molecule has 0 aliphatic heterocycles. The van der Waals surface area contributed by atoms with Crippen LogP contribution in [0.1, 0.15) is 5.56 Å². The number of nitrogens with two attached hydrogens (primary N) is 1. The predicted octanol–water partition coefficient (Wildman–Crippen LogP) is 1.70. The molecule has 0 aliphatic carbocycles. The standard InChI is InChI=1S/C11H11FN4O2/c1-6-4-3-5-7(8(6)12)18-11-15-9(13)14-10(16-11)17-2/h3-5H,1-2H3,(H2,13,14,15,16). The first-order chi connectivity index (χ1) is 8.60. The minimum atomic E-state index is -0.476. The minimum Gasteiger partial charge on any atom is -0.467 e. The molecule has 0 bridgehead atoms. The SMILES string of the molecule is COc1nc(N)nc(Oc2cccc(C)c2F)n1. The van der Waals surface area contributed by atoms with E-state index in [0.29, 0.717) is 5.56 Å². The van der Waals surface area contributed by atoms with E-state index in [-0.39, 0.29) is 23.7 Å². The highest BCUT2D eigenvalue weighted by atomic mass is 19.1. The minimum absolute atomic E-state index is 0.00515. The number of hydrogen-bond donors (Lipinski definition) is 1. The van der Waals surface area contributed by atoms with Gasteiger partial charge in [0, 0.05) is 0 Å². The van der Waals surface area contributed by atoms with E-state index in [2.05, 4.69) is 15.0 Å². The van der Waals surface area contributed by atoms with Crippen molar-refractivity contribution in [2.24, 2.45) is 0 Å². The van der Waals surface area contributed by atoms with E-state index in [1.807, 2.05) is 0 Å². The van der Waals surface area contributed by atoms with Crippen LogP contribution in [0.25, 0.3) is 0 Å². The van der Waals surface area contributed by atoms with Crippen LogP contribution in [0.2, 0.25) is 0 Å². The fraction of sp³-hybridized carbons (Fsp3) is 0.182. The van der Waals surface area contributed by atoms with Gasteiger partial charge in [0.1, 0.15) is 0 Å². The highest BCUT2D eigenvalue weighted by Gasteiger charge is 2.11. The topological polar surface area (TPSA) is 83.2 Å². The Bertz CT molecular complexity index is 577. The normalized spacial score (nSPS) is 10.2. The molecule has 2 aromatic rings. The summed E-state index contributed by atoms with van der Waals surface area (Å²) >= 11 is 0. The van der Waals surface area contributed by atoms with Gasteiger partial charge in [-0.25, -0.2) is 4.39 Å². The lowest BCUT2D eigenvalue weighted by Crippen LogP contribution is -2.03. The molecule has 0 fully saturated rings. The van der Waals surface area contributed by atoms with E-state index >= 15 is 0 Å². The quantitative estimate of drug-likeness (QED) is 0.892. The molecule has 0 saturated carbocycles. The molecule has 0 saturated heterocycles. The summed E-state index contributed by atoms with van der Waals surface area (Å²) in [4.78, 5) is 11.2. The van der Waals surface area contributed by atoms with Crippen LogP contribution in [0.4, 0.5) is 10.3 Å². The fourth-order valence-corrected chi connectivity index (χ4v) is 1.29. The highest BCUT2D eigenvalue weighted by molar-refractivity contribution is 5.32. The second kappa shape index (κ2) is 4.82. The van der Waals surface area contributed by atoms with Gasteiger partial charge in [0.05, 0.1) is 7.11 Å². The molecule has 1 aromatic carbocycles. The van der Waals surface area contributed by atoms with Gasteiger partial charge >= 0.3 is 12.0 Å². The van der Waals surface area contributed by atoms with Gasteiger partial charge in [-0.05, 0) is 18.6 Å². The predicted molar refractivity (Wildman–Crippen MR) is 62.0 cm³/mol. The van der Waals surface area contributed by atoms with Gasteiger partial charge in [-0.2, -0.15) is 9.97 Å². The molecule has 94 valence electrons. The maximum Gasteiger partial charge on any atom is 0.330 e. The molecule has 2 N–H and O–H groups in total. The van der Waals surface area contributed by atoms with Gasteiger partial charge in [-0.15, -0.1) is 4.98 Å². The van der Waals surface area contributed by atoms with Crippen molar-refractivity contribution in [3.63, 3.8) is 0 Å². The second-order valence-electron chi connectivity index (χ2n) is 3.45. The van der Waals surface area contributed by atoms with Crippen molar-refractivity contribution in [2.75, 3.05) is 12.8 Å². The number of methoxy groups -OCH3 is 1. The Morgan fingerprint density at radius 3 is 2.61 bits per heavy atom. The molecule has 6 nitrogen and oxygen atoms in total. The van der Waals surface area contributed by atoms with Crippen LogP contribution in [0, 0.1) is 12.7 Å². The monoisotopic (exact) mass is 250 g/mol. The molecule has 0 radical (unpaired) electrons. The van der Waals surface area contributed by atoms with Crippen LogP contribution in [-0.2, 0) is 0 Å². The van der Waals surface area contributed by atoms with E-state index in [9.17, 15) is 4.39 Å². The largest absolute Gasteiger partial charge is 0.467 e. The van der Waals surface area contributed by atoms with Crippen molar-refractivity contribution in [1.82, 2.24) is 15.0 Å². The Morgan fingerprint density at radius 2 is 1.89 bits per heavy atom. The van der Waals surface area contributed by atoms with Crippen LogP contribution < -0.4 is 15.2 Å². The van der Waals surface area contributed by atoms with Gasteiger partial charge in [-0.1, -0.05) is 12.1 Å². The van der Waals surface area contributed by atoms with Crippen LogP contribution in [0.5, 0.6) is 17.8 Å². The van der Waals surface area contributed by atoms with Crippen molar-refractivity contribution in [2.45, 2.75) is 6.92 Å². The molecule has 0 spiro atoms. The Morgan fingerprint density at radius 1 is 1.17 bits per heavy atom. The summed E-state index contributed by atoms with van der Waals surface area (Å²) < 4.78 is 23.7. The average molecular weight is 250 g/mol. The van der Waals surface area contributed by atoms with Crippen LogP contribution >= 0.6 is 0 Å². The number of anilines is 1. The summed E-state index contributed by atoms with van der Waals surface area (Å²) in [5, 5.41) is 0. The lowest BCUT2D eigenvalue weighted by molar-refractivity contribution is 0.355. The number of benzene rings is 1. The number of aromatic nitrogens is 3. The number of hydrogen-bond acceptors (Lipinski definition) is 6. The lowest BCUT2D eigenvalue weighted by Gasteiger charge is -2.07. The number of nitrogens with zero attached hydrogens (tertiary/aromatic N) is 3. The first-order valence-corrected chi connectivity index (χ1v) is 5.08. The zero-order valence-corrected chi connectivity index (χ0v) is 9.85. The first kappa shape index (κ1) is 12.0. The summed E-state index contributed by atoms with van der Waals surface area (Å²) in [5.41, 5.74) is 5.90. The summed E-state index contributed by atoms with van der Waals surface area (Å²) in [6.45, 7) is 1.63. The summed E-state index contributed by atoms with van der Waals surface area (Å²) in [6.07, 6.45) is 0. The number of aryl methyl sites for hydroxylation is 1. The first-order valence-electron chi connectivity index (χ1n) is 5.08. The molecule has 0 aliphatic rings. The molecule has 2 rings (SSSR count). The third-order valence-corrected chi connectivity index (χ3v) is 2.15. The molecule has 18 heavy (non-hydrogen) atoms. The second-order valence-corrected chi connectivity index (χ2v) is 3.45. The van der Waals surface area contributed by atoms with Crippen molar-refractivity contribution < 1.29 is 13.9 Å². The summed E-state index contributed by atoms with van der Waals surface area (Å²) in [5.74, 6) is -0.525. The number of rotatable bonds is 3. The maximum atomic E-state index is 13.7. The third kappa shape index (κ3) is 2.45. The molecule has 0 atom stereocenters. The average Bonchev–Trinajstić information content (AvgIpc) is 2.34. The third-order valence-electron chi connectivity index (χ3n) is 2.15. The highest BCUT2D eigenvalue weighted by Crippen LogP contribution is 2.24. The van der Waals surface area contributed by atoms with Crippen LogP contribution in [0.3, 0.4) is 0 Å². The molecule has 0 amide bonds. The summed E-state index contributed by atoms with van der Waals surface area (Å²) in [7, 11) is 1.38. The van der Waals surface area contributed by atoms with E-state index < -0.39 is 5.82 Å². The van der Waals surface area contributed by atoms with Gasteiger partial charge in [0.15, 0.2) is 11.6 Å². The fourth-order valence-electron chi connectivity index (χ4n) is 1.29. The molecule has 7 heteroatoms. The van der Waals surface area contributed by atoms with Gasteiger partial charge < -0.3 is 15.2 Å². The zero-order valence-electron chi connectivity index (χ0n) is 9.85. The van der Waals surface area contributed by atoms with Crippen LogP contribution in [-0.4, -0.2) is 22.1 Å². The Kier molecular flexibility index (Phi) is 3.22. The number of ether oxygens (including phenoxy) is 2. The molecular weight excluding hydrogens is 239 g/mol. The van der Waals surface area contributed by atoms with Gasteiger partial charge in [-0.3, -0.25) is 0 Å². The molecule has 0 unspecified atom stereocenters. The van der Waals surface area contributed by atoms with E-state index in [1.54, 1.807) is 19.1 Å². The van der Waals surface area contributed by atoms with Crippen molar-refractivity contribution in [3.8, 4) is 17.8 Å². The van der Waals surface area contributed by atoms with Crippen molar-refractivity contribution >= 4 is 5.95 Å². The van der Waals surface area contributed by atoms with Crippen molar-refractivity contribution in [1.29, 1.82) is 0 Å². The Labute approximate surface area is 103 Å². The summed E-state index contributed by atoms with van der Waals surface area (Å²) in [6, 6.07) is 4.64. The Balaban J connectivity index is 2.34. The van der Waals surface area contributed by atoms with E-state index in [0.717, 1.165) is 0 Å².